The minimum absolute atomic E-state index is 0.180. The van der Waals surface area contributed by atoms with Gasteiger partial charge >= 0.3 is 12.1 Å². The number of amides is 1. The van der Waals surface area contributed by atoms with Crippen LogP contribution in [0.4, 0.5) is 4.79 Å². The second kappa shape index (κ2) is 5.55. The van der Waals surface area contributed by atoms with Crippen molar-refractivity contribution in [2.45, 2.75) is 13.0 Å². The number of carbonyl (C=O) groups excluding carboxylic acids is 1. The van der Waals surface area contributed by atoms with E-state index in [0.717, 1.165) is 16.6 Å². The Morgan fingerprint density at radius 3 is 3.00 bits per heavy atom. The first-order chi connectivity index (χ1) is 10.6. The summed E-state index contributed by atoms with van der Waals surface area (Å²) in [6.45, 7) is 4.65. The number of carboxylic acid groups (broad SMARTS) is 1. The van der Waals surface area contributed by atoms with Gasteiger partial charge < -0.3 is 19.7 Å². The minimum Gasteiger partial charge on any atom is -0.478 e. The summed E-state index contributed by atoms with van der Waals surface area (Å²) >= 11 is 0. The van der Waals surface area contributed by atoms with Crippen molar-refractivity contribution in [2.24, 2.45) is 0 Å². The molecule has 0 aliphatic carbocycles. The lowest BCUT2D eigenvalue weighted by Gasteiger charge is -2.26. The van der Waals surface area contributed by atoms with Crippen LogP contribution in [0.1, 0.15) is 21.6 Å². The summed E-state index contributed by atoms with van der Waals surface area (Å²) < 4.78 is 5.06. The Labute approximate surface area is 127 Å². The fraction of sp³-hybridized carbons (Fsp3) is 0.250. The molecule has 0 bridgehead atoms. The summed E-state index contributed by atoms with van der Waals surface area (Å²) in [6.07, 6.45) is 1.79. The number of carbonyl (C=O) groups is 2. The summed E-state index contributed by atoms with van der Waals surface area (Å²) in [6, 6.07) is 5.16. The van der Waals surface area contributed by atoms with Crippen molar-refractivity contribution >= 4 is 23.0 Å². The van der Waals surface area contributed by atoms with Gasteiger partial charge in [0, 0.05) is 29.6 Å². The lowest BCUT2D eigenvalue weighted by Crippen LogP contribution is -2.36. The predicted octanol–water partition coefficient (Wildman–Crippen LogP) is 2.55. The number of carboxylic acids is 1. The van der Waals surface area contributed by atoms with Crippen LogP contribution in [0.5, 0.6) is 0 Å². The molecule has 2 N–H and O–H groups in total. The first-order valence-electron chi connectivity index (χ1n) is 7.00. The van der Waals surface area contributed by atoms with E-state index in [4.69, 9.17) is 4.74 Å². The van der Waals surface area contributed by atoms with Gasteiger partial charge in [0.2, 0.25) is 0 Å². The van der Waals surface area contributed by atoms with E-state index in [9.17, 15) is 14.7 Å². The van der Waals surface area contributed by atoms with Crippen LogP contribution < -0.4 is 0 Å². The number of nitrogens with zero attached hydrogens (tertiary/aromatic N) is 1. The molecule has 0 unspecified atom stereocenters. The molecule has 1 aromatic carbocycles. The smallest absolute Gasteiger partial charge is 0.410 e. The summed E-state index contributed by atoms with van der Waals surface area (Å²) in [5.74, 6) is -0.966. The number of rotatable bonds is 3. The molecule has 0 fully saturated rings. The number of H-pyrrole nitrogens is 1. The van der Waals surface area contributed by atoms with Crippen LogP contribution in [0.3, 0.4) is 0 Å². The van der Waals surface area contributed by atoms with Gasteiger partial charge in [-0.1, -0.05) is 24.8 Å². The van der Waals surface area contributed by atoms with E-state index < -0.39 is 5.97 Å². The molecule has 0 saturated heterocycles. The average Bonchev–Trinajstić information content (AvgIpc) is 2.90. The lowest BCUT2D eigenvalue weighted by molar-refractivity contribution is 0.0698. The molecular weight excluding hydrogens is 284 g/mol. The number of aromatic carboxylic acids is 1. The average molecular weight is 300 g/mol. The van der Waals surface area contributed by atoms with Crippen molar-refractivity contribution in [1.82, 2.24) is 9.88 Å². The number of fused-ring (bicyclic) bond motifs is 3. The Bertz CT molecular complexity index is 763. The molecule has 0 atom stereocenters. The van der Waals surface area contributed by atoms with Crippen molar-refractivity contribution in [3.63, 3.8) is 0 Å². The Morgan fingerprint density at radius 1 is 1.45 bits per heavy atom. The minimum atomic E-state index is -0.966. The maximum atomic E-state index is 12.0. The second-order valence-corrected chi connectivity index (χ2v) is 5.15. The van der Waals surface area contributed by atoms with Crippen molar-refractivity contribution in [3.05, 3.63) is 47.7 Å². The molecule has 2 heterocycles. The highest BCUT2D eigenvalue weighted by atomic mass is 16.6. The number of para-hydroxylation sites is 1. The maximum Gasteiger partial charge on any atom is 0.410 e. The van der Waals surface area contributed by atoms with Gasteiger partial charge in [-0.15, -0.1) is 0 Å². The lowest BCUT2D eigenvalue weighted by atomic mass is 10.0. The molecule has 1 aliphatic rings. The number of aromatic amines is 1. The second-order valence-electron chi connectivity index (χ2n) is 5.15. The largest absolute Gasteiger partial charge is 0.478 e. The molecule has 0 spiro atoms. The van der Waals surface area contributed by atoms with E-state index in [1.807, 2.05) is 6.07 Å². The van der Waals surface area contributed by atoms with Crippen molar-refractivity contribution in [1.29, 1.82) is 0 Å². The van der Waals surface area contributed by atoms with E-state index >= 15 is 0 Å². The van der Waals surface area contributed by atoms with E-state index in [-0.39, 0.29) is 18.3 Å². The van der Waals surface area contributed by atoms with Gasteiger partial charge in [-0.05, 0) is 6.07 Å². The molecule has 1 aromatic heterocycles. The van der Waals surface area contributed by atoms with E-state index in [1.165, 1.54) is 6.08 Å². The zero-order valence-corrected chi connectivity index (χ0v) is 12.0. The van der Waals surface area contributed by atoms with Crippen molar-refractivity contribution in [3.8, 4) is 0 Å². The molecule has 114 valence electrons. The number of hydrogen-bond donors (Lipinski definition) is 2. The van der Waals surface area contributed by atoms with Crippen LogP contribution in [-0.2, 0) is 17.7 Å². The number of benzene rings is 1. The molecule has 1 aliphatic heterocycles. The molecule has 6 nitrogen and oxygen atoms in total. The summed E-state index contributed by atoms with van der Waals surface area (Å²) in [5.41, 5.74) is 2.80. The Balaban J connectivity index is 1.95. The quantitative estimate of drug-likeness (QED) is 0.853. The highest BCUT2D eigenvalue weighted by molar-refractivity contribution is 6.03. The van der Waals surface area contributed by atoms with Crippen LogP contribution in [0.25, 0.3) is 10.9 Å². The van der Waals surface area contributed by atoms with Gasteiger partial charge in [0.1, 0.15) is 6.61 Å². The zero-order valence-electron chi connectivity index (χ0n) is 12.0. The monoisotopic (exact) mass is 300 g/mol. The normalized spacial score (nSPS) is 13.7. The highest BCUT2D eigenvalue weighted by Gasteiger charge is 2.26. The van der Waals surface area contributed by atoms with E-state index in [2.05, 4.69) is 11.6 Å². The molecule has 22 heavy (non-hydrogen) atoms. The first kappa shape index (κ1) is 14.2. The molecule has 0 radical (unpaired) electrons. The summed E-state index contributed by atoms with van der Waals surface area (Å²) in [5, 5.41) is 10.1. The Kier molecular flexibility index (Phi) is 3.58. The molecule has 3 rings (SSSR count). The molecule has 0 saturated carbocycles. The number of ether oxygens (including phenoxy) is 1. The molecule has 1 amide bonds. The molecule has 2 aromatic rings. The number of hydrogen-bond acceptors (Lipinski definition) is 3. The molecule has 6 heteroatoms. The van der Waals surface area contributed by atoms with Crippen molar-refractivity contribution in [2.75, 3.05) is 13.2 Å². The van der Waals surface area contributed by atoms with Gasteiger partial charge in [0.15, 0.2) is 0 Å². The third kappa shape index (κ3) is 2.32. The maximum absolute atomic E-state index is 12.0. The fourth-order valence-corrected chi connectivity index (χ4v) is 2.79. The highest BCUT2D eigenvalue weighted by Crippen LogP contribution is 2.29. The summed E-state index contributed by atoms with van der Waals surface area (Å²) in [4.78, 5) is 28.1. The van der Waals surface area contributed by atoms with E-state index in [0.29, 0.717) is 25.0 Å². The number of aromatic nitrogens is 1. The van der Waals surface area contributed by atoms with Crippen LogP contribution in [0, 0.1) is 0 Å². The van der Waals surface area contributed by atoms with Gasteiger partial charge in [-0.2, -0.15) is 0 Å². The van der Waals surface area contributed by atoms with Gasteiger partial charge in [0.25, 0.3) is 0 Å². The van der Waals surface area contributed by atoms with Gasteiger partial charge in [-0.25, -0.2) is 9.59 Å². The van der Waals surface area contributed by atoms with Gasteiger partial charge in [-0.3, -0.25) is 0 Å². The van der Waals surface area contributed by atoms with Crippen LogP contribution in [0.2, 0.25) is 0 Å². The SMILES string of the molecule is C=CCOC(=O)N1CCc2[nH]c3c(C(=O)O)cccc3c2C1. The van der Waals surface area contributed by atoms with Crippen LogP contribution in [0.15, 0.2) is 30.9 Å². The standard InChI is InChI=1S/C16H16N2O4/c1-2-8-22-16(21)18-7-6-13-12(9-18)10-4-3-5-11(15(19)20)14(10)17-13/h2-5,17H,1,6-9H2,(H,19,20). The van der Waals surface area contributed by atoms with Crippen LogP contribution >= 0.6 is 0 Å². The van der Waals surface area contributed by atoms with Gasteiger partial charge in [0.05, 0.1) is 17.6 Å². The van der Waals surface area contributed by atoms with Crippen LogP contribution in [-0.4, -0.2) is 40.2 Å². The Morgan fingerprint density at radius 2 is 2.27 bits per heavy atom. The summed E-state index contributed by atoms with van der Waals surface area (Å²) in [7, 11) is 0. The van der Waals surface area contributed by atoms with Crippen molar-refractivity contribution < 1.29 is 19.4 Å². The first-order valence-corrected chi connectivity index (χ1v) is 7.00. The third-order valence-corrected chi connectivity index (χ3v) is 3.82. The topological polar surface area (TPSA) is 82.6 Å². The molecular formula is C16H16N2O4. The third-order valence-electron chi connectivity index (χ3n) is 3.82. The number of nitrogens with one attached hydrogen (secondary N) is 1. The Hall–Kier alpha value is -2.76. The fourth-order valence-electron chi connectivity index (χ4n) is 2.79. The van der Waals surface area contributed by atoms with E-state index in [1.54, 1.807) is 17.0 Å². The zero-order chi connectivity index (χ0) is 15.7. The predicted molar refractivity (Wildman–Crippen MR) is 80.9 cm³/mol.